The molecule has 0 N–H and O–H groups in total. The summed E-state index contributed by atoms with van der Waals surface area (Å²) >= 11 is 1.76. The van der Waals surface area contributed by atoms with Gasteiger partial charge in [-0.3, -0.25) is 4.21 Å². The molecule has 1 rings (SSSR count). The molecule has 0 aliphatic carbocycles. The molecular weight excluding hydrogens is 164 g/mol. The van der Waals surface area contributed by atoms with E-state index in [4.69, 9.17) is 0 Å². The molecule has 0 bridgehead atoms. The fourth-order valence-electron chi connectivity index (χ4n) is 0.885. The minimum atomic E-state index is -0.666. The lowest BCUT2D eigenvalue weighted by Gasteiger charge is -2.13. The van der Waals surface area contributed by atoms with Crippen LogP contribution in [-0.4, -0.2) is 15.7 Å². The average Bonchev–Trinajstić information content (AvgIpc) is 1.88. The van der Waals surface area contributed by atoms with Crippen LogP contribution in [0, 0.1) is 0 Å². The van der Waals surface area contributed by atoms with Gasteiger partial charge in [-0.1, -0.05) is 5.57 Å². The highest BCUT2D eigenvalue weighted by atomic mass is 32.2. The van der Waals surface area contributed by atoms with Crippen molar-refractivity contribution in [1.29, 1.82) is 0 Å². The molecule has 1 aliphatic heterocycles. The first-order valence-electron chi connectivity index (χ1n) is 3.40. The van der Waals surface area contributed by atoms with Crippen molar-refractivity contribution in [2.75, 3.05) is 11.5 Å². The number of hydrogen-bond donors (Lipinski definition) is 0. The van der Waals surface area contributed by atoms with Crippen molar-refractivity contribution in [3.05, 3.63) is 9.81 Å². The van der Waals surface area contributed by atoms with Crippen LogP contribution in [0.2, 0.25) is 0 Å². The number of thioether (sulfide) groups is 1. The van der Waals surface area contributed by atoms with Crippen molar-refractivity contribution in [3.63, 3.8) is 0 Å². The summed E-state index contributed by atoms with van der Waals surface area (Å²) in [6.45, 7) is 4.07. The monoisotopic (exact) mass is 176 g/mol. The smallest absolute Gasteiger partial charge is 0.0702 e. The molecule has 1 atom stereocenters. The third-order valence-electron chi connectivity index (χ3n) is 1.32. The Morgan fingerprint density at radius 2 is 2.30 bits per heavy atom. The first-order chi connectivity index (χ1) is 4.72. The van der Waals surface area contributed by atoms with Crippen molar-refractivity contribution >= 4 is 22.6 Å². The van der Waals surface area contributed by atoms with Crippen LogP contribution in [0.3, 0.4) is 0 Å². The van der Waals surface area contributed by atoms with E-state index in [-0.39, 0.29) is 0 Å². The van der Waals surface area contributed by atoms with E-state index in [0.29, 0.717) is 0 Å². The molecule has 58 valence electrons. The summed E-state index contributed by atoms with van der Waals surface area (Å²) in [6, 6.07) is 0. The van der Waals surface area contributed by atoms with E-state index in [1.165, 1.54) is 5.57 Å². The summed E-state index contributed by atoms with van der Waals surface area (Å²) < 4.78 is 12.4. The molecule has 1 nitrogen and oxygen atoms in total. The predicted octanol–water partition coefficient (Wildman–Crippen LogP) is 2.12. The second kappa shape index (κ2) is 3.58. The van der Waals surface area contributed by atoms with E-state index in [1.54, 1.807) is 11.8 Å². The van der Waals surface area contributed by atoms with Crippen molar-refractivity contribution in [2.24, 2.45) is 0 Å². The molecule has 0 aromatic heterocycles. The van der Waals surface area contributed by atoms with E-state index in [2.05, 4.69) is 0 Å². The summed E-state index contributed by atoms with van der Waals surface area (Å²) in [6.07, 6.45) is 1.11. The molecule has 0 aromatic carbocycles. The maximum absolute atomic E-state index is 11.3. The Morgan fingerprint density at radius 3 is 2.70 bits per heavy atom. The zero-order chi connectivity index (χ0) is 7.56. The molecule has 1 saturated heterocycles. The third-order valence-corrected chi connectivity index (χ3v) is 4.88. The summed E-state index contributed by atoms with van der Waals surface area (Å²) in [5.41, 5.74) is 1.23. The number of rotatable bonds is 0. The third kappa shape index (κ3) is 1.86. The molecule has 1 aliphatic rings. The number of allylic oxidation sites excluding steroid dienone is 1. The van der Waals surface area contributed by atoms with E-state index in [1.807, 2.05) is 13.8 Å². The molecule has 1 unspecified atom stereocenters. The van der Waals surface area contributed by atoms with E-state index in [9.17, 15) is 4.21 Å². The standard InChI is InChI=1S/C7H12OS2/c1-6(2)7-9-4-3-5-10(7)8/h3-5H2,1-2H3. The topological polar surface area (TPSA) is 17.1 Å². The SMILES string of the molecule is CC(C)=C1SCCCS1=O. The van der Waals surface area contributed by atoms with Crippen molar-refractivity contribution < 1.29 is 4.21 Å². The Balaban J connectivity index is 2.75. The van der Waals surface area contributed by atoms with Gasteiger partial charge in [0.1, 0.15) is 0 Å². The zero-order valence-corrected chi connectivity index (χ0v) is 7.98. The first kappa shape index (κ1) is 8.34. The zero-order valence-electron chi connectivity index (χ0n) is 6.35. The largest absolute Gasteiger partial charge is 0.254 e. The lowest BCUT2D eigenvalue weighted by atomic mass is 10.4. The Labute approximate surface area is 68.7 Å². The molecule has 0 radical (unpaired) electrons. The maximum Gasteiger partial charge on any atom is 0.0702 e. The van der Waals surface area contributed by atoms with Gasteiger partial charge in [-0.15, -0.1) is 11.8 Å². The van der Waals surface area contributed by atoms with Gasteiger partial charge in [0.2, 0.25) is 0 Å². The first-order valence-corrected chi connectivity index (χ1v) is 5.71. The molecule has 0 spiro atoms. The molecule has 0 saturated carbocycles. The fourth-order valence-corrected chi connectivity index (χ4v) is 3.90. The molecule has 1 heterocycles. The van der Waals surface area contributed by atoms with Crippen molar-refractivity contribution in [2.45, 2.75) is 20.3 Å². The van der Waals surface area contributed by atoms with Crippen molar-refractivity contribution in [1.82, 2.24) is 0 Å². The highest BCUT2D eigenvalue weighted by Crippen LogP contribution is 2.28. The van der Waals surface area contributed by atoms with Crippen molar-refractivity contribution in [3.8, 4) is 0 Å². The van der Waals surface area contributed by atoms with Crippen LogP contribution >= 0.6 is 11.8 Å². The normalized spacial score (nSPS) is 26.6. The van der Waals surface area contributed by atoms with Crippen LogP contribution in [0.4, 0.5) is 0 Å². The summed E-state index contributed by atoms with van der Waals surface area (Å²) in [7, 11) is -0.666. The van der Waals surface area contributed by atoms with Gasteiger partial charge >= 0.3 is 0 Å². The van der Waals surface area contributed by atoms with Gasteiger partial charge in [-0.05, 0) is 26.0 Å². The molecule has 0 aromatic rings. The van der Waals surface area contributed by atoms with Crippen LogP contribution in [0.5, 0.6) is 0 Å². The number of hydrogen-bond acceptors (Lipinski definition) is 2. The Kier molecular flexibility index (Phi) is 2.98. The van der Waals surface area contributed by atoms with Gasteiger partial charge in [0.05, 0.1) is 15.0 Å². The highest BCUT2D eigenvalue weighted by molar-refractivity contribution is 8.17. The second-order valence-corrected chi connectivity index (χ2v) is 5.41. The average molecular weight is 176 g/mol. The van der Waals surface area contributed by atoms with Crippen LogP contribution in [0.1, 0.15) is 20.3 Å². The summed E-state index contributed by atoms with van der Waals surface area (Å²) in [5, 5.41) is 0. The second-order valence-electron chi connectivity index (χ2n) is 2.54. The highest BCUT2D eigenvalue weighted by Gasteiger charge is 2.14. The van der Waals surface area contributed by atoms with Crippen LogP contribution in [-0.2, 0) is 10.8 Å². The predicted molar refractivity (Wildman–Crippen MR) is 48.5 cm³/mol. The van der Waals surface area contributed by atoms with Gasteiger partial charge in [-0.2, -0.15) is 0 Å². The van der Waals surface area contributed by atoms with Crippen LogP contribution < -0.4 is 0 Å². The Morgan fingerprint density at radius 1 is 1.60 bits per heavy atom. The van der Waals surface area contributed by atoms with Gasteiger partial charge in [0.15, 0.2) is 0 Å². The molecule has 10 heavy (non-hydrogen) atoms. The van der Waals surface area contributed by atoms with E-state index < -0.39 is 10.8 Å². The van der Waals surface area contributed by atoms with Gasteiger partial charge < -0.3 is 0 Å². The van der Waals surface area contributed by atoms with E-state index >= 15 is 0 Å². The minimum Gasteiger partial charge on any atom is -0.254 e. The Hall–Kier alpha value is 0.240. The molecule has 0 amide bonds. The maximum atomic E-state index is 11.3. The lowest BCUT2D eigenvalue weighted by molar-refractivity contribution is 0.686. The molecular formula is C7H12OS2. The molecule has 3 heteroatoms. The summed E-state index contributed by atoms with van der Waals surface area (Å²) in [5.74, 6) is 2.01. The van der Waals surface area contributed by atoms with E-state index in [0.717, 1.165) is 22.2 Å². The van der Waals surface area contributed by atoms with Gasteiger partial charge in [0, 0.05) is 5.75 Å². The fraction of sp³-hybridized carbons (Fsp3) is 0.714. The lowest BCUT2D eigenvalue weighted by Crippen LogP contribution is -2.07. The Bertz CT molecular complexity index is 180. The minimum absolute atomic E-state index is 0.666. The molecule has 1 fully saturated rings. The van der Waals surface area contributed by atoms with Crippen LogP contribution in [0.25, 0.3) is 0 Å². The van der Waals surface area contributed by atoms with Gasteiger partial charge in [-0.25, -0.2) is 0 Å². The summed E-state index contributed by atoms with van der Waals surface area (Å²) in [4.78, 5) is 0. The quantitative estimate of drug-likeness (QED) is 0.562. The van der Waals surface area contributed by atoms with Crippen LogP contribution in [0.15, 0.2) is 9.81 Å². The van der Waals surface area contributed by atoms with Gasteiger partial charge in [0.25, 0.3) is 0 Å².